The fraction of sp³-hybridized carbons (Fsp3) is 0. The molecule has 2 heteroatoms. The lowest BCUT2D eigenvalue weighted by Gasteiger charge is -1.98. The molecule has 0 saturated carbocycles. The molecule has 1 nitrogen and oxygen atoms in total. The molecule has 0 atom stereocenters. The van der Waals surface area contributed by atoms with Crippen LogP contribution in [0, 0.1) is 6.07 Å². The Labute approximate surface area is 82.0 Å². The van der Waals surface area contributed by atoms with Crippen molar-refractivity contribution in [1.82, 2.24) is 4.98 Å². The fourth-order valence-electron chi connectivity index (χ4n) is 1.11. The fourth-order valence-corrected chi connectivity index (χ4v) is 1.24. The SMILES string of the molecule is Clc1ccc(-c2[c]ccnc2)cc1. The summed E-state index contributed by atoms with van der Waals surface area (Å²) in [6.45, 7) is 0. The van der Waals surface area contributed by atoms with E-state index in [0.29, 0.717) is 0 Å². The second-order valence-electron chi connectivity index (χ2n) is 2.66. The van der Waals surface area contributed by atoms with Gasteiger partial charge in [0.15, 0.2) is 0 Å². The maximum atomic E-state index is 5.77. The number of rotatable bonds is 1. The summed E-state index contributed by atoms with van der Waals surface area (Å²) >= 11 is 5.77. The van der Waals surface area contributed by atoms with Crippen molar-refractivity contribution in [3.8, 4) is 11.1 Å². The predicted octanol–water partition coefficient (Wildman–Crippen LogP) is 3.20. The van der Waals surface area contributed by atoms with Gasteiger partial charge in [0.1, 0.15) is 0 Å². The van der Waals surface area contributed by atoms with E-state index in [0.717, 1.165) is 16.1 Å². The average Bonchev–Trinajstić information content (AvgIpc) is 2.20. The monoisotopic (exact) mass is 188 g/mol. The quantitative estimate of drug-likeness (QED) is 0.670. The van der Waals surface area contributed by atoms with Gasteiger partial charge in [0.05, 0.1) is 0 Å². The Kier molecular flexibility index (Phi) is 2.28. The summed E-state index contributed by atoms with van der Waals surface area (Å²) in [5, 5.41) is 0.743. The number of hydrogen-bond donors (Lipinski definition) is 0. The normalized spacial score (nSPS) is 9.92. The molecule has 0 saturated heterocycles. The van der Waals surface area contributed by atoms with Gasteiger partial charge in [-0.15, -0.1) is 0 Å². The molecule has 0 aliphatic rings. The van der Waals surface area contributed by atoms with E-state index in [1.165, 1.54) is 0 Å². The van der Waals surface area contributed by atoms with E-state index in [2.05, 4.69) is 11.1 Å². The highest BCUT2D eigenvalue weighted by molar-refractivity contribution is 6.30. The molecule has 0 aliphatic carbocycles. The number of hydrogen-bond acceptors (Lipinski definition) is 1. The standard InChI is InChI=1S/C11H7ClN/c12-11-5-3-9(4-6-11)10-2-1-7-13-8-10/h1,3-8H. The van der Waals surface area contributed by atoms with Crippen LogP contribution in [0.25, 0.3) is 11.1 Å². The molecule has 0 spiro atoms. The van der Waals surface area contributed by atoms with Crippen molar-refractivity contribution >= 4 is 11.6 Å². The first-order chi connectivity index (χ1) is 6.36. The summed E-state index contributed by atoms with van der Waals surface area (Å²) in [7, 11) is 0. The Bertz CT molecular complexity index is 381. The Morgan fingerprint density at radius 3 is 2.54 bits per heavy atom. The predicted molar refractivity (Wildman–Crippen MR) is 53.5 cm³/mol. The van der Waals surface area contributed by atoms with E-state index in [9.17, 15) is 0 Å². The zero-order valence-electron chi connectivity index (χ0n) is 6.87. The highest BCUT2D eigenvalue weighted by Crippen LogP contribution is 2.19. The first-order valence-electron chi connectivity index (χ1n) is 3.94. The lowest BCUT2D eigenvalue weighted by Crippen LogP contribution is -1.78. The number of nitrogens with zero attached hydrogens (tertiary/aromatic N) is 1. The molecule has 0 bridgehead atoms. The molecule has 63 valence electrons. The zero-order chi connectivity index (χ0) is 9.10. The van der Waals surface area contributed by atoms with Crippen molar-refractivity contribution in [3.05, 3.63) is 53.8 Å². The van der Waals surface area contributed by atoms with Gasteiger partial charge in [-0.05, 0) is 29.8 Å². The Hall–Kier alpha value is -1.34. The van der Waals surface area contributed by atoms with Gasteiger partial charge in [0.25, 0.3) is 0 Å². The molecule has 2 rings (SSSR count). The molecular weight excluding hydrogens is 182 g/mol. The molecule has 0 fully saturated rings. The Balaban J connectivity index is 2.42. The third kappa shape index (κ3) is 1.87. The van der Waals surface area contributed by atoms with Crippen LogP contribution < -0.4 is 0 Å². The lowest BCUT2D eigenvalue weighted by atomic mass is 10.1. The smallest absolute Gasteiger partial charge is 0.0406 e. The summed E-state index contributed by atoms with van der Waals surface area (Å²) < 4.78 is 0. The van der Waals surface area contributed by atoms with Gasteiger partial charge in [0, 0.05) is 23.0 Å². The van der Waals surface area contributed by atoms with E-state index in [1.807, 2.05) is 24.3 Å². The van der Waals surface area contributed by atoms with E-state index >= 15 is 0 Å². The van der Waals surface area contributed by atoms with Gasteiger partial charge in [-0.25, -0.2) is 0 Å². The molecule has 1 heterocycles. The largest absolute Gasteiger partial charge is 0.264 e. The Morgan fingerprint density at radius 2 is 1.92 bits per heavy atom. The van der Waals surface area contributed by atoms with Gasteiger partial charge in [-0.3, -0.25) is 4.98 Å². The number of benzene rings is 1. The van der Waals surface area contributed by atoms with E-state index in [-0.39, 0.29) is 0 Å². The van der Waals surface area contributed by atoms with E-state index < -0.39 is 0 Å². The van der Waals surface area contributed by atoms with Crippen LogP contribution in [0.2, 0.25) is 5.02 Å². The van der Waals surface area contributed by atoms with Crippen LogP contribution in [0.15, 0.2) is 42.7 Å². The maximum absolute atomic E-state index is 5.77. The molecule has 2 aromatic rings. The van der Waals surface area contributed by atoms with Gasteiger partial charge in [-0.1, -0.05) is 23.7 Å². The topological polar surface area (TPSA) is 12.9 Å². The first kappa shape index (κ1) is 8.27. The van der Waals surface area contributed by atoms with Crippen molar-refractivity contribution in [3.63, 3.8) is 0 Å². The minimum atomic E-state index is 0.743. The maximum Gasteiger partial charge on any atom is 0.0406 e. The van der Waals surface area contributed by atoms with Crippen molar-refractivity contribution in [2.45, 2.75) is 0 Å². The van der Waals surface area contributed by atoms with Crippen molar-refractivity contribution in [2.24, 2.45) is 0 Å². The molecule has 1 aromatic carbocycles. The van der Waals surface area contributed by atoms with E-state index in [4.69, 9.17) is 11.6 Å². The molecule has 0 unspecified atom stereocenters. The number of aromatic nitrogens is 1. The summed E-state index contributed by atoms with van der Waals surface area (Å²) in [6.07, 6.45) is 3.49. The summed E-state index contributed by atoms with van der Waals surface area (Å²) in [5.41, 5.74) is 2.07. The van der Waals surface area contributed by atoms with Crippen LogP contribution in [-0.4, -0.2) is 4.98 Å². The molecule has 0 amide bonds. The molecule has 0 N–H and O–H groups in total. The van der Waals surface area contributed by atoms with Crippen molar-refractivity contribution < 1.29 is 0 Å². The van der Waals surface area contributed by atoms with Crippen molar-refractivity contribution in [1.29, 1.82) is 0 Å². The second-order valence-corrected chi connectivity index (χ2v) is 3.10. The molecule has 0 aliphatic heterocycles. The average molecular weight is 189 g/mol. The number of halogens is 1. The number of pyridine rings is 1. The van der Waals surface area contributed by atoms with Crippen molar-refractivity contribution in [2.75, 3.05) is 0 Å². The third-order valence-corrected chi connectivity index (χ3v) is 2.01. The van der Waals surface area contributed by atoms with Crippen LogP contribution in [0.5, 0.6) is 0 Å². The van der Waals surface area contributed by atoms with Crippen LogP contribution in [0.4, 0.5) is 0 Å². The van der Waals surface area contributed by atoms with E-state index in [1.54, 1.807) is 18.5 Å². The minimum Gasteiger partial charge on any atom is -0.264 e. The third-order valence-electron chi connectivity index (χ3n) is 1.76. The van der Waals surface area contributed by atoms with Crippen LogP contribution >= 0.6 is 11.6 Å². The molecule has 1 aromatic heterocycles. The van der Waals surface area contributed by atoms with Crippen LogP contribution in [-0.2, 0) is 0 Å². The minimum absolute atomic E-state index is 0.743. The summed E-state index contributed by atoms with van der Waals surface area (Å²) in [5.74, 6) is 0. The van der Waals surface area contributed by atoms with Crippen LogP contribution in [0.3, 0.4) is 0 Å². The highest BCUT2D eigenvalue weighted by atomic mass is 35.5. The zero-order valence-corrected chi connectivity index (χ0v) is 7.62. The lowest BCUT2D eigenvalue weighted by molar-refractivity contribution is 1.33. The Morgan fingerprint density at radius 1 is 1.15 bits per heavy atom. The summed E-state index contributed by atoms with van der Waals surface area (Å²) in [6, 6.07) is 12.5. The molecule has 1 radical (unpaired) electrons. The highest BCUT2D eigenvalue weighted by Gasteiger charge is 1.95. The molecular formula is C11H7ClN. The first-order valence-corrected chi connectivity index (χ1v) is 4.32. The second kappa shape index (κ2) is 3.58. The summed E-state index contributed by atoms with van der Waals surface area (Å²) in [4.78, 5) is 4.02. The molecule has 13 heavy (non-hydrogen) atoms. The van der Waals surface area contributed by atoms with Gasteiger partial charge in [-0.2, -0.15) is 0 Å². The van der Waals surface area contributed by atoms with Gasteiger partial charge >= 0.3 is 0 Å². The van der Waals surface area contributed by atoms with Gasteiger partial charge in [0.2, 0.25) is 0 Å². The van der Waals surface area contributed by atoms with Gasteiger partial charge < -0.3 is 0 Å². The van der Waals surface area contributed by atoms with Crippen LogP contribution in [0.1, 0.15) is 0 Å².